The number of carbonyl (C=O) groups is 1. The van der Waals surface area contributed by atoms with Crippen LogP contribution in [0, 0.1) is 5.82 Å². The molecule has 0 fully saturated rings. The van der Waals surface area contributed by atoms with E-state index in [4.69, 9.17) is 10.8 Å². The van der Waals surface area contributed by atoms with Gasteiger partial charge in [0.25, 0.3) is 0 Å². The maximum atomic E-state index is 13.1. The van der Waals surface area contributed by atoms with Crippen LogP contribution in [0.4, 0.5) is 10.1 Å². The van der Waals surface area contributed by atoms with E-state index in [0.717, 1.165) is 0 Å². The van der Waals surface area contributed by atoms with Gasteiger partial charge in [-0.1, -0.05) is 12.1 Å². The number of nitrogens with two attached hydrogens (primary N) is 1. The topological polar surface area (TPSA) is 81.1 Å². The van der Waals surface area contributed by atoms with Crippen molar-refractivity contribution in [1.82, 2.24) is 9.78 Å². The van der Waals surface area contributed by atoms with Crippen molar-refractivity contribution in [2.24, 2.45) is 0 Å². The Bertz CT molecular complexity index is 607. The minimum absolute atomic E-state index is 0.0509. The molecular formula is C12H12FN3O2. The van der Waals surface area contributed by atoms with Gasteiger partial charge in [0.05, 0.1) is 5.69 Å². The monoisotopic (exact) mass is 249 g/mol. The maximum Gasteiger partial charge on any atom is 0.356 e. The molecule has 6 heteroatoms. The van der Waals surface area contributed by atoms with Crippen LogP contribution in [0.15, 0.2) is 24.3 Å². The van der Waals surface area contributed by atoms with E-state index in [-0.39, 0.29) is 17.1 Å². The minimum atomic E-state index is -1.15. The van der Waals surface area contributed by atoms with Crippen molar-refractivity contribution in [3.8, 4) is 11.3 Å². The first-order valence-corrected chi connectivity index (χ1v) is 5.40. The smallest absolute Gasteiger partial charge is 0.356 e. The number of aromatic nitrogens is 2. The quantitative estimate of drug-likeness (QED) is 0.871. The van der Waals surface area contributed by atoms with Gasteiger partial charge in [0.15, 0.2) is 5.69 Å². The van der Waals surface area contributed by atoms with E-state index in [1.807, 2.05) is 0 Å². The highest BCUT2D eigenvalue weighted by molar-refractivity contribution is 5.96. The fraction of sp³-hybridized carbons (Fsp3) is 0.167. The standard InChI is InChI=1S/C12H12FN3O2/c1-2-16-11(12(17)18)9(14)10(15-16)7-4-3-5-8(13)6-7/h3-6H,2,14H2,1H3,(H,17,18). The number of rotatable bonds is 3. The number of halogens is 1. The SMILES string of the molecule is CCn1nc(-c2cccc(F)c2)c(N)c1C(=O)O. The highest BCUT2D eigenvalue weighted by Crippen LogP contribution is 2.28. The molecular weight excluding hydrogens is 237 g/mol. The first-order chi connectivity index (χ1) is 8.54. The zero-order valence-corrected chi connectivity index (χ0v) is 9.72. The van der Waals surface area contributed by atoms with E-state index in [1.54, 1.807) is 13.0 Å². The molecule has 0 aliphatic rings. The second kappa shape index (κ2) is 4.48. The lowest BCUT2D eigenvalue weighted by Crippen LogP contribution is -2.10. The van der Waals surface area contributed by atoms with Gasteiger partial charge < -0.3 is 10.8 Å². The molecule has 94 valence electrons. The van der Waals surface area contributed by atoms with Gasteiger partial charge >= 0.3 is 5.97 Å². The molecule has 0 bridgehead atoms. The molecule has 0 saturated heterocycles. The average Bonchev–Trinajstić information content (AvgIpc) is 2.66. The fourth-order valence-corrected chi connectivity index (χ4v) is 1.78. The molecule has 5 nitrogen and oxygen atoms in total. The highest BCUT2D eigenvalue weighted by Gasteiger charge is 2.21. The third kappa shape index (κ3) is 1.92. The van der Waals surface area contributed by atoms with Gasteiger partial charge in [-0.2, -0.15) is 5.10 Å². The molecule has 0 unspecified atom stereocenters. The van der Waals surface area contributed by atoms with Gasteiger partial charge in [-0.25, -0.2) is 9.18 Å². The Morgan fingerprint density at radius 2 is 2.28 bits per heavy atom. The fourth-order valence-electron chi connectivity index (χ4n) is 1.78. The summed E-state index contributed by atoms with van der Waals surface area (Å²) in [6.07, 6.45) is 0. The number of hydrogen-bond acceptors (Lipinski definition) is 3. The molecule has 0 aliphatic carbocycles. The molecule has 1 aromatic carbocycles. The summed E-state index contributed by atoms with van der Waals surface area (Å²) < 4.78 is 14.4. The Kier molecular flexibility index (Phi) is 3.01. The minimum Gasteiger partial charge on any atom is -0.476 e. The predicted octanol–water partition coefficient (Wildman–Crippen LogP) is 1.99. The van der Waals surface area contributed by atoms with E-state index < -0.39 is 11.8 Å². The zero-order valence-electron chi connectivity index (χ0n) is 9.72. The second-order valence-electron chi connectivity index (χ2n) is 3.74. The molecule has 0 amide bonds. The van der Waals surface area contributed by atoms with E-state index in [1.165, 1.54) is 22.9 Å². The first kappa shape index (κ1) is 12.1. The van der Waals surface area contributed by atoms with Crippen LogP contribution in [-0.2, 0) is 6.54 Å². The predicted molar refractivity (Wildman–Crippen MR) is 64.7 cm³/mol. The maximum absolute atomic E-state index is 13.1. The van der Waals surface area contributed by atoms with Gasteiger partial charge in [-0.05, 0) is 19.1 Å². The van der Waals surface area contributed by atoms with E-state index in [2.05, 4.69) is 5.10 Å². The number of aromatic carboxylic acids is 1. The van der Waals surface area contributed by atoms with Crippen LogP contribution >= 0.6 is 0 Å². The van der Waals surface area contributed by atoms with Gasteiger partial charge in [0, 0.05) is 12.1 Å². The van der Waals surface area contributed by atoms with Crippen LogP contribution in [0.25, 0.3) is 11.3 Å². The zero-order chi connectivity index (χ0) is 13.3. The lowest BCUT2D eigenvalue weighted by Gasteiger charge is -1.98. The summed E-state index contributed by atoms with van der Waals surface area (Å²) in [5, 5.41) is 13.2. The molecule has 0 aliphatic heterocycles. The second-order valence-corrected chi connectivity index (χ2v) is 3.74. The summed E-state index contributed by atoms with van der Waals surface area (Å²) in [7, 11) is 0. The van der Waals surface area contributed by atoms with Crippen LogP contribution in [0.1, 0.15) is 17.4 Å². The Hall–Kier alpha value is -2.37. The molecule has 2 rings (SSSR count). The van der Waals surface area contributed by atoms with Crippen LogP contribution in [0.5, 0.6) is 0 Å². The molecule has 1 heterocycles. The number of nitrogen functional groups attached to an aromatic ring is 1. The largest absolute Gasteiger partial charge is 0.476 e. The summed E-state index contributed by atoms with van der Waals surface area (Å²) >= 11 is 0. The van der Waals surface area contributed by atoms with E-state index in [0.29, 0.717) is 12.1 Å². The molecule has 3 N–H and O–H groups in total. The molecule has 0 atom stereocenters. The van der Waals surface area contributed by atoms with Crippen LogP contribution < -0.4 is 5.73 Å². The van der Waals surface area contributed by atoms with Gasteiger partial charge in [0.2, 0.25) is 0 Å². The van der Waals surface area contributed by atoms with Crippen molar-refractivity contribution >= 4 is 11.7 Å². The molecule has 2 aromatic rings. The molecule has 18 heavy (non-hydrogen) atoms. The van der Waals surface area contributed by atoms with Crippen LogP contribution in [0.2, 0.25) is 0 Å². The van der Waals surface area contributed by atoms with Gasteiger partial charge in [-0.15, -0.1) is 0 Å². The van der Waals surface area contributed by atoms with Crippen molar-refractivity contribution in [2.75, 3.05) is 5.73 Å². The Labute approximate surface area is 103 Å². The molecule has 0 saturated carbocycles. The Morgan fingerprint density at radius 3 is 2.78 bits per heavy atom. The summed E-state index contributed by atoms with van der Waals surface area (Å²) in [6, 6.07) is 5.72. The Morgan fingerprint density at radius 1 is 1.56 bits per heavy atom. The summed E-state index contributed by atoms with van der Waals surface area (Å²) in [4.78, 5) is 11.1. The lowest BCUT2D eigenvalue weighted by molar-refractivity contribution is 0.0684. The number of carboxylic acid groups (broad SMARTS) is 1. The van der Waals surface area contributed by atoms with Crippen molar-refractivity contribution < 1.29 is 14.3 Å². The van der Waals surface area contributed by atoms with Crippen molar-refractivity contribution in [3.05, 3.63) is 35.8 Å². The molecule has 1 aromatic heterocycles. The summed E-state index contributed by atoms with van der Waals surface area (Å²) in [5.74, 6) is -1.57. The van der Waals surface area contributed by atoms with Crippen LogP contribution in [-0.4, -0.2) is 20.9 Å². The molecule has 0 spiro atoms. The Balaban J connectivity index is 2.63. The van der Waals surface area contributed by atoms with Crippen LogP contribution in [0.3, 0.4) is 0 Å². The number of carboxylic acids is 1. The van der Waals surface area contributed by atoms with Gasteiger partial charge in [-0.3, -0.25) is 4.68 Å². The summed E-state index contributed by atoms with van der Waals surface area (Å²) in [5.41, 5.74) is 6.50. The van der Waals surface area contributed by atoms with E-state index >= 15 is 0 Å². The number of benzene rings is 1. The van der Waals surface area contributed by atoms with Crippen molar-refractivity contribution in [2.45, 2.75) is 13.5 Å². The number of aryl methyl sites for hydroxylation is 1. The number of anilines is 1. The lowest BCUT2D eigenvalue weighted by atomic mass is 10.1. The van der Waals surface area contributed by atoms with Crippen molar-refractivity contribution in [1.29, 1.82) is 0 Å². The van der Waals surface area contributed by atoms with Gasteiger partial charge in [0.1, 0.15) is 11.5 Å². The third-order valence-corrected chi connectivity index (χ3v) is 2.59. The van der Waals surface area contributed by atoms with Crippen molar-refractivity contribution in [3.63, 3.8) is 0 Å². The number of hydrogen-bond donors (Lipinski definition) is 2. The third-order valence-electron chi connectivity index (χ3n) is 2.59. The average molecular weight is 249 g/mol. The first-order valence-electron chi connectivity index (χ1n) is 5.40. The number of nitrogens with zero attached hydrogens (tertiary/aromatic N) is 2. The van der Waals surface area contributed by atoms with E-state index in [9.17, 15) is 9.18 Å². The molecule has 0 radical (unpaired) electrons. The highest BCUT2D eigenvalue weighted by atomic mass is 19.1. The summed E-state index contributed by atoms with van der Waals surface area (Å²) in [6.45, 7) is 2.13. The normalized spacial score (nSPS) is 10.6.